The summed E-state index contributed by atoms with van der Waals surface area (Å²) < 4.78 is 26.8. The number of aliphatic hydroxyl groups is 1. The molecule has 0 bridgehead atoms. The molecule has 3 N–H and O–H groups in total. The Hall–Kier alpha value is -2.53. The number of ether oxygens (including phenoxy) is 2. The van der Waals surface area contributed by atoms with Crippen molar-refractivity contribution in [1.29, 1.82) is 0 Å². The van der Waals surface area contributed by atoms with Gasteiger partial charge in [0, 0.05) is 43.3 Å². The maximum absolute atomic E-state index is 13.6. The van der Waals surface area contributed by atoms with Crippen molar-refractivity contribution in [1.82, 2.24) is 4.72 Å². The molecule has 0 aromatic heterocycles. The topological polar surface area (TPSA) is 86.3 Å². The molecule has 0 unspecified atom stereocenters. The third-order valence-electron chi connectivity index (χ3n) is 7.52. The van der Waals surface area contributed by atoms with E-state index >= 15 is 0 Å². The molecule has 10 heteroatoms. The van der Waals surface area contributed by atoms with Crippen LogP contribution >= 0.6 is 11.9 Å². The molecule has 1 spiro atoms. The van der Waals surface area contributed by atoms with Gasteiger partial charge >= 0.3 is 0 Å². The van der Waals surface area contributed by atoms with E-state index in [0.29, 0.717) is 55.3 Å². The van der Waals surface area contributed by atoms with Gasteiger partial charge in [-0.2, -0.15) is 0 Å². The lowest BCUT2D eigenvalue weighted by atomic mass is 9.93. The lowest BCUT2D eigenvalue weighted by Crippen LogP contribution is -2.36. The third-order valence-corrected chi connectivity index (χ3v) is 8.36. The molecule has 2 aromatic rings. The standard InChI is InChI=1S/C27H35FN4O4S/c28-19-36-25-4-1-20(17-24(25)32-12-15-35-16-13-32)30-26(34)22-3-2-21(37-29-9-14-33)18-23(22)31-10-7-27(5-6-27)8-11-31/h1-4,17-18,29,33H,5-16,19H2,(H,30,34). The first kappa shape index (κ1) is 26.1. The summed E-state index contributed by atoms with van der Waals surface area (Å²) >= 11 is 1.46. The fourth-order valence-corrected chi connectivity index (χ4v) is 5.80. The quantitative estimate of drug-likeness (QED) is 0.313. The fraction of sp³-hybridized carbons (Fsp3) is 0.519. The SMILES string of the molecule is O=C(Nc1ccc(OCF)c(N2CCOCC2)c1)c1ccc(SNCCO)cc1N1CCC2(CC1)CC2. The summed E-state index contributed by atoms with van der Waals surface area (Å²) in [6.45, 7) is 4.03. The van der Waals surface area contributed by atoms with E-state index in [1.165, 1.54) is 24.8 Å². The highest BCUT2D eigenvalue weighted by molar-refractivity contribution is 7.97. The normalized spacial score (nSPS) is 18.6. The van der Waals surface area contributed by atoms with Gasteiger partial charge in [-0.1, -0.05) is 0 Å². The molecule has 8 nitrogen and oxygen atoms in total. The van der Waals surface area contributed by atoms with Crippen LogP contribution in [0, 0.1) is 5.41 Å². The van der Waals surface area contributed by atoms with Crippen LogP contribution < -0.4 is 24.6 Å². The lowest BCUT2D eigenvalue weighted by molar-refractivity contribution is 0.102. The number of carbonyl (C=O) groups excluding carboxylic acids is 1. The predicted molar refractivity (Wildman–Crippen MR) is 145 cm³/mol. The van der Waals surface area contributed by atoms with Crippen molar-refractivity contribution < 1.29 is 23.8 Å². The van der Waals surface area contributed by atoms with E-state index in [1.807, 2.05) is 18.2 Å². The van der Waals surface area contributed by atoms with Gasteiger partial charge in [-0.05, 0) is 79.4 Å². The summed E-state index contributed by atoms with van der Waals surface area (Å²) in [5.74, 6) is 0.260. The number of rotatable bonds is 10. The Morgan fingerprint density at radius 1 is 1.03 bits per heavy atom. The van der Waals surface area contributed by atoms with E-state index in [-0.39, 0.29) is 12.5 Å². The Bertz CT molecular complexity index is 1080. The van der Waals surface area contributed by atoms with Crippen molar-refractivity contribution in [2.75, 3.05) is 74.5 Å². The number of nitrogens with zero attached hydrogens (tertiary/aromatic N) is 2. The van der Waals surface area contributed by atoms with Gasteiger partial charge in [0.05, 0.1) is 36.8 Å². The van der Waals surface area contributed by atoms with E-state index in [0.717, 1.165) is 42.2 Å². The highest BCUT2D eigenvalue weighted by Crippen LogP contribution is 2.54. The Balaban J connectivity index is 1.37. The predicted octanol–water partition coefficient (Wildman–Crippen LogP) is 4.05. The van der Waals surface area contributed by atoms with Crippen LogP contribution in [0.3, 0.4) is 0 Å². The molecule has 1 amide bonds. The monoisotopic (exact) mass is 530 g/mol. The number of hydrogen-bond donors (Lipinski definition) is 3. The molecule has 0 radical (unpaired) electrons. The molecule has 0 atom stereocenters. The van der Waals surface area contributed by atoms with Gasteiger partial charge in [0.2, 0.25) is 6.86 Å². The van der Waals surface area contributed by atoms with Gasteiger partial charge < -0.3 is 29.7 Å². The van der Waals surface area contributed by atoms with Gasteiger partial charge in [0.1, 0.15) is 5.75 Å². The number of hydrogen-bond acceptors (Lipinski definition) is 8. The largest absolute Gasteiger partial charge is 0.461 e. The average Bonchev–Trinajstić information content (AvgIpc) is 3.69. The van der Waals surface area contributed by atoms with Crippen molar-refractivity contribution in [3.63, 3.8) is 0 Å². The number of aliphatic hydroxyl groups excluding tert-OH is 1. The summed E-state index contributed by atoms with van der Waals surface area (Å²) in [6.07, 6.45) is 4.96. The van der Waals surface area contributed by atoms with Gasteiger partial charge in [0.15, 0.2) is 0 Å². The summed E-state index contributed by atoms with van der Waals surface area (Å²) in [7, 11) is 0. The molecule has 1 saturated carbocycles. The first-order valence-corrected chi connectivity index (χ1v) is 13.8. The van der Waals surface area contributed by atoms with Gasteiger partial charge in [0.25, 0.3) is 5.91 Å². The Morgan fingerprint density at radius 2 is 1.78 bits per heavy atom. The second-order valence-corrected chi connectivity index (χ2v) is 10.8. The summed E-state index contributed by atoms with van der Waals surface area (Å²) in [4.78, 5) is 19.0. The molecular formula is C27H35FN4O4S. The van der Waals surface area contributed by atoms with E-state index in [2.05, 4.69) is 25.9 Å². The zero-order chi connectivity index (χ0) is 25.7. The molecule has 5 rings (SSSR count). The van der Waals surface area contributed by atoms with Crippen molar-refractivity contribution >= 4 is 34.9 Å². The maximum atomic E-state index is 13.6. The number of alkyl halides is 1. The van der Waals surface area contributed by atoms with E-state index < -0.39 is 6.86 Å². The maximum Gasteiger partial charge on any atom is 0.257 e. The summed E-state index contributed by atoms with van der Waals surface area (Å²) in [5.41, 5.74) is 3.45. The van der Waals surface area contributed by atoms with Crippen LogP contribution in [0.4, 0.5) is 21.5 Å². The van der Waals surface area contributed by atoms with Gasteiger partial charge in [-0.3, -0.25) is 9.52 Å². The van der Waals surface area contributed by atoms with Gasteiger partial charge in [-0.25, -0.2) is 4.39 Å². The zero-order valence-corrected chi connectivity index (χ0v) is 21.8. The third kappa shape index (κ3) is 6.31. The Kier molecular flexibility index (Phi) is 8.39. The molecule has 2 aromatic carbocycles. The molecule has 3 fully saturated rings. The Labute approximate surface area is 221 Å². The minimum absolute atomic E-state index is 0.0656. The number of anilines is 3. The first-order valence-electron chi connectivity index (χ1n) is 13.0. The van der Waals surface area contributed by atoms with Crippen LogP contribution in [0.25, 0.3) is 0 Å². The van der Waals surface area contributed by atoms with E-state index in [9.17, 15) is 9.18 Å². The van der Waals surface area contributed by atoms with Crippen LogP contribution in [0.2, 0.25) is 0 Å². The highest BCUT2D eigenvalue weighted by atomic mass is 32.2. The molecule has 2 saturated heterocycles. The van der Waals surface area contributed by atoms with Crippen molar-refractivity contribution in [2.24, 2.45) is 5.41 Å². The van der Waals surface area contributed by atoms with Crippen LogP contribution in [0.15, 0.2) is 41.3 Å². The average molecular weight is 531 g/mol. The van der Waals surface area contributed by atoms with Crippen LogP contribution in [-0.4, -0.2) is 70.4 Å². The minimum Gasteiger partial charge on any atom is -0.461 e. The van der Waals surface area contributed by atoms with E-state index in [1.54, 1.807) is 12.1 Å². The molecule has 2 aliphatic heterocycles. The summed E-state index contributed by atoms with van der Waals surface area (Å²) in [6, 6.07) is 11.1. The fourth-order valence-electron chi connectivity index (χ4n) is 5.13. The van der Waals surface area contributed by atoms with Crippen molar-refractivity contribution in [3.05, 3.63) is 42.0 Å². The van der Waals surface area contributed by atoms with Gasteiger partial charge in [-0.15, -0.1) is 0 Å². The molecule has 2 heterocycles. The smallest absolute Gasteiger partial charge is 0.257 e. The molecule has 37 heavy (non-hydrogen) atoms. The van der Waals surface area contributed by atoms with E-state index in [4.69, 9.17) is 14.6 Å². The molecule has 3 aliphatic rings. The number of benzene rings is 2. The molecule has 200 valence electrons. The number of amides is 1. The Morgan fingerprint density at radius 3 is 2.49 bits per heavy atom. The second kappa shape index (κ2) is 11.9. The number of nitrogens with one attached hydrogen (secondary N) is 2. The van der Waals surface area contributed by atoms with Crippen LogP contribution in [-0.2, 0) is 4.74 Å². The number of morpholine rings is 1. The number of carbonyl (C=O) groups is 1. The van der Waals surface area contributed by atoms with Crippen molar-refractivity contribution in [3.8, 4) is 5.75 Å². The van der Waals surface area contributed by atoms with Crippen LogP contribution in [0.5, 0.6) is 5.75 Å². The minimum atomic E-state index is -0.916. The highest BCUT2D eigenvalue weighted by Gasteiger charge is 2.44. The first-order chi connectivity index (χ1) is 18.1. The van der Waals surface area contributed by atoms with Crippen LogP contribution in [0.1, 0.15) is 36.0 Å². The number of halogens is 1. The lowest BCUT2D eigenvalue weighted by Gasteiger charge is -2.35. The molecule has 1 aliphatic carbocycles. The second-order valence-electron chi connectivity index (χ2n) is 9.88. The molecular weight excluding hydrogens is 495 g/mol. The van der Waals surface area contributed by atoms with Crippen molar-refractivity contribution in [2.45, 2.75) is 30.6 Å². The number of piperidine rings is 1. The zero-order valence-electron chi connectivity index (χ0n) is 21.0. The summed E-state index contributed by atoms with van der Waals surface area (Å²) in [5, 5.41) is 12.2.